The van der Waals surface area contributed by atoms with Crippen LogP contribution in [-0.2, 0) is 14.9 Å². The number of nitrogens with zero attached hydrogens (tertiary/aromatic N) is 1. The molecule has 6 nitrogen and oxygen atoms in total. The number of rotatable bonds is 3. The Hall–Kier alpha value is -1.31. The predicted octanol–water partition coefficient (Wildman–Crippen LogP) is 0.319. The Kier molecular flexibility index (Phi) is 3.23. The average molecular weight is 257 g/mol. The molecule has 1 heterocycles. The third kappa shape index (κ3) is 2.36. The molecule has 1 aliphatic rings. The summed E-state index contributed by atoms with van der Waals surface area (Å²) in [5.41, 5.74) is 6.94. The van der Waals surface area contributed by atoms with Gasteiger partial charge < -0.3 is 5.73 Å². The van der Waals surface area contributed by atoms with Crippen LogP contribution in [0.4, 0.5) is 11.4 Å². The Balaban J connectivity index is 2.35. The molecule has 1 aromatic carbocycles. The van der Waals surface area contributed by atoms with Crippen molar-refractivity contribution < 1.29 is 13.3 Å². The van der Waals surface area contributed by atoms with Crippen LogP contribution in [0.3, 0.4) is 0 Å². The van der Waals surface area contributed by atoms with Crippen LogP contribution in [-0.4, -0.2) is 28.6 Å². The van der Waals surface area contributed by atoms with Crippen LogP contribution in [0.1, 0.15) is 6.42 Å². The largest absolute Gasteiger partial charge is 0.397 e. The van der Waals surface area contributed by atoms with Crippen molar-refractivity contribution in [2.24, 2.45) is 0 Å². The summed E-state index contributed by atoms with van der Waals surface area (Å²) in [7, 11) is -2.09. The monoisotopic (exact) mass is 257 g/mol. The van der Waals surface area contributed by atoms with E-state index in [1.165, 1.54) is 19.2 Å². The van der Waals surface area contributed by atoms with Crippen LogP contribution in [0.15, 0.2) is 23.1 Å². The third-order valence-corrected chi connectivity index (χ3v) is 4.01. The minimum absolute atomic E-state index is 0.153. The maximum atomic E-state index is 11.6. The molecule has 0 aliphatic carbocycles. The normalized spacial score (nSPS) is 16.4. The quantitative estimate of drug-likeness (QED) is 0.762. The van der Waals surface area contributed by atoms with Crippen molar-refractivity contribution in [1.29, 1.82) is 0 Å². The summed E-state index contributed by atoms with van der Waals surface area (Å²) in [6, 6.07) is 4.60. The van der Waals surface area contributed by atoms with E-state index < -0.39 is 10.0 Å². The van der Waals surface area contributed by atoms with Crippen molar-refractivity contribution in [2.45, 2.75) is 11.3 Å². The Bertz CT molecular complexity index is 510. The average Bonchev–Trinajstić information content (AvgIpc) is 2.82. The first-order chi connectivity index (χ1) is 8.04. The fourth-order valence-corrected chi connectivity index (χ4v) is 2.45. The highest BCUT2D eigenvalue weighted by atomic mass is 32.2. The van der Waals surface area contributed by atoms with E-state index in [1.54, 1.807) is 11.1 Å². The summed E-state index contributed by atoms with van der Waals surface area (Å²) in [5.74, 6) is 0. The zero-order valence-corrected chi connectivity index (χ0v) is 10.3. The number of nitrogens with two attached hydrogens (primary N) is 1. The molecule has 0 amide bonds. The zero-order valence-electron chi connectivity index (χ0n) is 9.51. The van der Waals surface area contributed by atoms with E-state index >= 15 is 0 Å². The maximum Gasteiger partial charge on any atom is 0.240 e. The van der Waals surface area contributed by atoms with Crippen LogP contribution >= 0.6 is 0 Å². The number of hydroxylamine groups is 1. The highest BCUT2D eigenvalue weighted by Gasteiger charge is 2.18. The van der Waals surface area contributed by atoms with Crippen LogP contribution < -0.4 is 15.5 Å². The summed E-state index contributed by atoms with van der Waals surface area (Å²) in [5, 5.41) is 1.69. The van der Waals surface area contributed by atoms with Crippen molar-refractivity contribution in [2.75, 3.05) is 31.0 Å². The number of nitrogen functional groups attached to an aromatic ring is 1. The van der Waals surface area contributed by atoms with Crippen molar-refractivity contribution in [1.82, 2.24) is 4.72 Å². The second kappa shape index (κ2) is 4.52. The zero-order chi connectivity index (χ0) is 12.5. The van der Waals surface area contributed by atoms with E-state index in [-0.39, 0.29) is 4.90 Å². The van der Waals surface area contributed by atoms with Gasteiger partial charge in [0.25, 0.3) is 0 Å². The van der Waals surface area contributed by atoms with Gasteiger partial charge in [-0.15, -0.1) is 0 Å². The van der Waals surface area contributed by atoms with Gasteiger partial charge in [-0.05, 0) is 31.7 Å². The van der Waals surface area contributed by atoms with Gasteiger partial charge in [0.1, 0.15) is 0 Å². The minimum atomic E-state index is -3.45. The van der Waals surface area contributed by atoms with Crippen molar-refractivity contribution in [3.8, 4) is 0 Å². The first-order valence-electron chi connectivity index (χ1n) is 5.28. The van der Waals surface area contributed by atoms with Gasteiger partial charge in [-0.1, -0.05) is 0 Å². The van der Waals surface area contributed by atoms with Crippen LogP contribution in [0, 0.1) is 0 Å². The molecule has 17 heavy (non-hydrogen) atoms. The van der Waals surface area contributed by atoms with Gasteiger partial charge in [0.2, 0.25) is 10.0 Å². The molecule has 2 rings (SSSR count). The number of sulfonamides is 1. The Morgan fingerprint density at radius 3 is 2.76 bits per heavy atom. The van der Waals surface area contributed by atoms with Crippen LogP contribution in [0.5, 0.6) is 0 Å². The van der Waals surface area contributed by atoms with Gasteiger partial charge in [-0.3, -0.25) is 9.90 Å². The Morgan fingerprint density at radius 2 is 2.24 bits per heavy atom. The van der Waals surface area contributed by atoms with E-state index in [1.807, 2.05) is 0 Å². The predicted molar refractivity (Wildman–Crippen MR) is 65.0 cm³/mol. The number of benzene rings is 1. The number of nitrogens with one attached hydrogen (secondary N) is 1. The molecule has 0 aromatic heterocycles. The molecule has 1 aliphatic heterocycles. The summed E-state index contributed by atoms with van der Waals surface area (Å²) >= 11 is 0. The molecule has 7 heteroatoms. The lowest BCUT2D eigenvalue weighted by Crippen LogP contribution is -2.20. The van der Waals surface area contributed by atoms with E-state index in [0.29, 0.717) is 18.0 Å². The molecule has 0 unspecified atom stereocenters. The second-order valence-corrected chi connectivity index (χ2v) is 5.60. The third-order valence-electron chi connectivity index (χ3n) is 2.60. The van der Waals surface area contributed by atoms with Crippen molar-refractivity contribution in [3.05, 3.63) is 18.2 Å². The fourth-order valence-electron chi connectivity index (χ4n) is 1.68. The van der Waals surface area contributed by atoms with Crippen molar-refractivity contribution >= 4 is 21.4 Å². The molecule has 3 N–H and O–H groups in total. The smallest absolute Gasteiger partial charge is 0.240 e. The standard InChI is InChI=1S/C10H15N3O3S/c1-12-17(14,15)8-3-4-10(9(11)7-8)13-5-2-6-16-13/h3-4,7,12H,2,5-6,11H2,1H3. The van der Waals surface area contributed by atoms with Gasteiger partial charge in [0.05, 0.1) is 22.9 Å². The van der Waals surface area contributed by atoms with Gasteiger partial charge in [0.15, 0.2) is 0 Å². The molecule has 0 atom stereocenters. The highest BCUT2D eigenvalue weighted by molar-refractivity contribution is 7.89. The first kappa shape index (κ1) is 12.2. The summed E-state index contributed by atoms with van der Waals surface area (Å²) < 4.78 is 25.4. The fraction of sp³-hybridized carbons (Fsp3) is 0.400. The van der Waals surface area contributed by atoms with Gasteiger partial charge >= 0.3 is 0 Å². The molecule has 1 fully saturated rings. The second-order valence-electron chi connectivity index (χ2n) is 3.72. The van der Waals surface area contributed by atoms with Gasteiger partial charge in [-0.2, -0.15) is 0 Å². The molecule has 94 valence electrons. The van der Waals surface area contributed by atoms with Crippen LogP contribution in [0.2, 0.25) is 0 Å². The molecular formula is C10H15N3O3S. The summed E-state index contributed by atoms with van der Waals surface area (Å²) in [6.45, 7) is 1.43. The maximum absolute atomic E-state index is 11.6. The lowest BCUT2D eigenvalue weighted by Gasteiger charge is -2.18. The van der Waals surface area contributed by atoms with Gasteiger partial charge in [-0.25, -0.2) is 13.1 Å². The Morgan fingerprint density at radius 1 is 1.47 bits per heavy atom. The van der Waals surface area contributed by atoms with E-state index in [2.05, 4.69) is 4.72 Å². The number of hydrogen-bond acceptors (Lipinski definition) is 5. The minimum Gasteiger partial charge on any atom is -0.397 e. The molecule has 0 saturated carbocycles. The highest BCUT2D eigenvalue weighted by Crippen LogP contribution is 2.28. The lowest BCUT2D eigenvalue weighted by molar-refractivity contribution is 0.168. The first-order valence-corrected chi connectivity index (χ1v) is 6.76. The van der Waals surface area contributed by atoms with Crippen molar-refractivity contribution in [3.63, 3.8) is 0 Å². The molecule has 1 aromatic rings. The summed E-state index contributed by atoms with van der Waals surface area (Å²) in [4.78, 5) is 5.51. The lowest BCUT2D eigenvalue weighted by atomic mass is 10.2. The molecule has 0 bridgehead atoms. The van der Waals surface area contributed by atoms with E-state index in [0.717, 1.165) is 13.0 Å². The number of hydrogen-bond donors (Lipinski definition) is 2. The van der Waals surface area contributed by atoms with E-state index in [4.69, 9.17) is 10.6 Å². The van der Waals surface area contributed by atoms with Crippen LogP contribution in [0.25, 0.3) is 0 Å². The summed E-state index contributed by atoms with van der Waals surface area (Å²) in [6.07, 6.45) is 0.940. The van der Waals surface area contributed by atoms with Gasteiger partial charge in [0, 0.05) is 6.54 Å². The topological polar surface area (TPSA) is 84.7 Å². The Labute approximate surface area is 100 Å². The SMILES string of the molecule is CNS(=O)(=O)c1ccc(N2CCCO2)c(N)c1. The molecule has 0 radical (unpaired) electrons. The molecule has 0 spiro atoms. The number of anilines is 2. The molecular weight excluding hydrogens is 242 g/mol. The molecule has 1 saturated heterocycles. The van der Waals surface area contributed by atoms with E-state index in [9.17, 15) is 8.42 Å².